The molecular formula is C24H24ClN3O3. The highest BCUT2D eigenvalue weighted by Gasteiger charge is 2.43. The average molecular weight is 438 g/mol. The van der Waals surface area contributed by atoms with Crippen molar-refractivity contribution in [2.45, 2.75) is 31.1 Å². The van der Waals surface area contributed by atoms with Crippen molar-refractivity contribution in [1.82, 2.24) is 15.2 Å². The number of nitrogens with one attached hydrogen (secondary N) is 1. The largest absolute Gasteiger partial charge is 0.447 e. The van der Waals surface area contributed by atoms with Crippen LogP contribution in [0.2, 0.25) is 5.02 Å². The number of aromatic nitrogens is 1. The van der Waals surface area contributed by atoms with E-state index in [9.17, 15) is 4.79 Å². The fourth-order valence-corrected chi connectivity index (χ4v) is 4.83. The number of nitrogens with zero attached hydrogens (tertiary/aromatic N) is 2. The number of rotatable bonds is 5. The van der Waals surface area contributed by atoms with Crippen LogP contribution in [0, 0.1) is 0 Å². The van der Waals surface area contributed by atoms with Crippen molar-refractivity contribution < 1.29 is 13.9 Å². The first-order valence-corrected chi connectivity index (χ1v) is 10.9. The molecule has 31 heavy (non-hydrogen) atoms. The van der Waals surface area contributed by atoms with Crippen molar-refractivity contribution in [1.29, 1.82) is 0 Å². The minimum atomic E-state index is -0.348. The lowest BCUT2D eigenvalue weighted by molar-refractivity contribution is -0.137. The van der Waals surface area contributed by atoms with Crippen molar-refractivity contribution >= 4 is 17.5 Å². The highest BCUT2D eigenvalue weighted by molar-refractivity contribution is 6.30. The normalized spacial score (nSPS) is 18.2. The maximum atomic E-state index is 13.0. The van der Waals surface area contributed by atoms with Gasteiger partial charge in [0.25, 0.3) is 0 Å². The number of likely N-dealkylation sites (tertiary alicyclic amines) is 1. The molecular weight excluding hydrogens is 414 g/mol. The standard InChI is InChI=1S/C24H24ClN3O3/c25-19-6-3-5-17(14-19)22(23-26-10-13-30-23)27-15-21(29)28-11-8-24(9-12-28)20-7-2-1-4-18(20)16-31-24/h1-7,10,13-14,22,27H,8-9,11-12,15-16H2. The number of carbonyl (C=O) groups is 1. The van der Waals surface area contributed by atoms with Crippen LogP contribution < -0.4 is 5.32 Å². The molecule has 1 amide bonds. The van der Waals surface area contributed by atoms with E-state index in [0.29, 0.717) is 30.6 Å². The summed E-state index contributed by atoms with van der Waals surface area (Å²) in [6.45, 7) is 2.19. The van der Waals surface area contributed by atoms with E-state index in [2.05, 4.69) is 34.6 Å². The Kier molecular flexibility index (Phi) is 5.52. The molecule has 1 saturated heterocycles. The first-order chi connectivity index (χ1) is 15.1. The minimum Gasteiger partial charge on any atom is -0.447 e. The van der Waals surface area contributed by atoms with Crippen molar-refractivity contribution in [2.75, 3.05) is 19.6 Å². The van der Waals surface area contributed by atoms with Crippen LogP contribution in [-0.4, -0.2) is 35.4 Å². The number of oxazole rings is 1. The van der Waals surface area contributed by atoms with Crippen LogP contribution in [0.4, 0.5) is 0 Å². The Labute approximate surface area is 186 Å². The molecule has 1 unspecified atom stereocenters. The molecule has 7 heteroatoms. The van der Waals surface area contributed by atoms with Gasteiger partial charge in [0, 0.05) is 18.1 Å². The van der Waals surface area contributed by atoms with E-state index in [1.807, 2.05) is 29.2 Å². The van der Waals surface area contributed by atoms with Crippen molar-refractivity contribution in [3.05, 3.63) is 88.6 Å². The molecule has 1 N–H and O–H groups in total. The van der Waals surface area contributed by atoms with Gasteiger partial charge < -0.3 is 14.1 Å². The number of carbonyl (C=O) groups excluding carboxylic acids is 1. The quantitative estimate of drug-likeness (QED) is 0.652. The first kappa shape index (κ1) is 20.2. The summed E-state index contributed by atoms with van der Waals surface area (Å²) in [5.74, 6) is 0.559. The second-order valence-corrected chi connectivity index (χ2v) is 8.50. The minimum absolute atomic E-state index is 0.0553. The summed E-state index contributed by atoms with van der Waals surface area (Å²) in [5.41, 5.74) is 3.20. The van der Waals surface area contributed by atoms with Gasteiger partial charge in [-0.25, -0.2) is 4.98 Å². The Morgan fingerprint density at radius 2 is 2.03 bits per heavy atom. The first-order valence-electron chi connectivity index (χ1n) is 10.5. The lowest BCUT2D eigenvalue weighted by atomic mass is 9.84. The van der Waals surface area contributed by atoms with Gasteiger partial charge in [0.1, 0.15) is 12.3 Å². The van der Waals surface area contributed by atoms with Crippen molar-refractivity contribution in [3.8, 4) is 0 Å². The van der Waals surface area contributed by atoms with E-state index >= 15 is 0 Å². The Hall–Kier alpha value is -2.67. The highest BCUT2D eigenvalue weighted by atomic mass is 35.5. The predicted octanol–water partition coefficient (Wildman–Crippen LogP) is 4.06. The van der Waals surface area contributed by atoms with Crippen molar-refractivity contribution in [2.24, 2.45) is 0 Å². The molecule has 1 spiro atoms. The molecule has 3 heterocycles. The Balaban J connectivity index is 1.24. The number of benzene rings is 2. The van der Waals surface area contributed by atoms with Crippen LogP contribution in [0.25, 0.3) is 0 Å². The fraction of sp³-hybridized carbons (Fsp3) is 0.333. The Morgan fingerprint density at radius 3 is 2.81 bits per heavy atom. The summed E-state index contributed by atoms with van der Waals surface area (Å²) in [6, 6.07) is 15.5. The zero-order valence-corrected chi connectivity index (χ0v) is 17.8. The van der Waals surface area contributed by atoms with Gasteiger partial charge in [-0.3, -0.25) is 10.1 Å². The van der Waals surface area contributed by atoms with Gasteiger partial charge in [0.2, 0.25) is 11.8 Å². The molecule has 160 valence electrons. The zero-order chi connectivity index (χ0) is 21.3. The van der Waals surface area contributed by atoms with Gasteiger partial charge >= 0.3 is 0 Å². The third-order valence-corrected chi connectivity index (χ3v) is 6.51. The molecule has 0 bridgehead atoms. The van der Waals surface area contributed by atoms with Gasteiger partial charge in [-0.2, -0.15) is 0 Å². The second-order valence-electron chi connectivity index (χ2n) is 8.06. The number of halogens is 1. The number of fused-ring (bicyclic) bond motifs is 2. The molecule has 2 aliphatic rings. The average Bonchev–Trinajstić information content (AvgIpc) is 3.44. The summed E-state index contributed by atoms with van der Waals surface area (Å²) >= 11 is 6.16. The van der Waals surface area contributed by atoms with Gasteiger partial charge in [-0.05, 0) is 41.7 Å². The van der Waals surface area contributed by atoms with E-state index in [1.165, 1.54) is 17.4 Å². The molecule has 6 nitrogen and oxygen atoms in total. The molecule has 2 aromatic carbocycles. The van der Waals surface area contributed by atoms with E-state index in [4.69, 9.17) is 20.8 Å². The van der Waals surface area contributed by atoms with Gasteiger partial charge in [-0.15, -0.1) is 0 Å². The molecule has 5 rings (SSSR count). The number of hydrogen-bond donors (Lipinski definition) is 1. The number of piperidine rings is 1. The third-order valence-electron chi connectivity index (χ3n) is 6.27. The molecule has 0 radical (unpaired) electrons. The Bertz CT molecular complexity index is 1060. The highest BCUT2D eigenvalue weighted by Crippen LogP contribution is 2.43. The van der Waals surface area contributed by atoms with E-state index in [-0.39, 0.29) is 24.1 Å². The van der Waals surface area contributed by atoms with E-state index in [1.54, 1.807) is 6.20 Å². The molecule has 1 atom stereocenters. The lowest BCUT2D eigenvalue weighted by Crippen LogP contribution is -2.48. The third kappa shape index (κ3) is 3.99. The smallest absolute Gasteiger partial charge is 0.236 e. The van der Waals surface area contributed by atoms with Gasteiger partial charge in [0.15, 0.2) is 0 Å². The molecule has 1 fully saturated rings. The fourth-order valence-electron chi connectivity index (χ4n) is 4.63. The lowest BCUT2D eigenvalue weighted by Gasteiger charge is -2.39. The molecule has 0 aliphatic carbocycles. The van der Waals surface area contributed by atoms with E-state index < -0.39 is 0 Å². The monoisotopic (exact) mass is 437 g/mol. The molecule has 2 aliphatic heterocycles. The van der Waals surface area contributed by atoms with Gasteiger partial charge in [-0.1, -0.05) is 48.0 Å². The zero-order valence-electron chi connectivity index (χ0n) is 17.1. The maximum Gasteiger partial charge on any atom is 0.236 e. The van der Waals surface area contributed by atoms with Crippen LogP contribution >= 0.6 is 11.6 Å². The summed E-state index contributed by atoms with van der Waals surface area (Å²) in [6.07, 6.45) is 4.75. The number of amides is 1. The summed E-state index contributed by atoms with van der Waals surface area (Å²) in [4.78, 5) is 19.1. The number of hydrogen-bond acceptors (Lipinski definition) is 5. The molecule has 1 aromatic heterocycles. The van der Waals surface area contributed by atoms with Crippen LogP contribution in [-0.2, 0) is 21.7 Å². The molecule has 3 aromatic rings. The van der Waals surface area contributed by atoms with Crippen LogP contribution in [0.15, 0.2) is 65.4 Å². The summed E-state index contributed by atoms with van der Waals surface area (Å²) in [7, 11) is 0. The topological polar surface area (TPSA) is 67.6 Å². The predicted molar refractivity (Wildman–Crippen MR) is 117 cm³/mol. The second kappa shape index (κ2) is 8.46. The Morgan fingerprint density at radius 1 is 1.19 bits per heavy atom. The van der Waals surface area contributed by atoms with Gasteiger partial charge in [0.05, 0.1) is 24.9 Å². The maximum absolute atomic E-state index is 13.0. The SMILES string of the molecule is O=C(CNC(c1cccc(Cl)c1)c1ncco1)N1CCC2(CC1)OCc1ccccc12. The number of ether oxygens (including phenoxy) is 1. The molecule has 0 saturated carbocycles. The van der Waals surface area contributed by atoms with Crippen LogP contribution in [0.5, 0.6) is 0 Å². The van der Waals surface area contributed by atoms with Crippen molar-refractivity contribution in [3.63, 3.8) is 0 Å². The van der Waals surface area contributed by atoms with Crippen LogP contribution in [0.1, 0.15) is 41.5 Å². The van der Waals surface area contributed by atoms with E-state index in [0.717, 1.165) is 18.4 Å². The summed E-state index contributed by atoms with van der Waals surface area (Å²) < 4.78 is 11.7. The van der Waals surface area contributed by atoms with Crippen LogP contribution in [0.3, 0.4) is 0 Å². The summed E-state index contributed by atoms with van der Waals surface area (Å²) in [5, 5.41) is 3.93.